The van der Waals surface area contributed by atoms with Gasteiger partial charge in [0.1, 0.15) is 0 Å². The standard InChI is InChI=1S/C21H14BrCl2NO/c22-15-4-1-12(2-5-15)7-19-18-6-3-13(10-20(18)25-21(19)26)14-8-16(23)11-17(24)9-14/h1-6,8-11,19H,7H2,(H,25,26). The maximum atomic E-state index is 12.5. The van der Waals surface area contributed by atoms with Gasteiger partial charge in [-0.05, 0) is 65.1 Å². The Morgan fingerprint density at radius 1 is 0.885 bits per heavy atom. The van der Waals surface area contributed by atoms with Crippen LogP contribution < -0.4 is 5.32 Å². The van der Waals surface area contributed by atoms with Crippen molar-refractivity contribution in [3.05, 3.63) is 86.3 Å². The normalized spacial score (nSPS) is 15.7. The molecule has 0 aromatic heterocycles. The molecule has 3 aromatic carbocycles. The molecule has 0 aliphatic carbocycles. The van der Waals surface area contributed by atoms with Gasteiger partial charge in [-0.2, -0.15) is 0 Å². The number of rotatable bonds is 3. The van der Waals surface area contributed by atoms with E-state index in [9.17, 15) is 4.79 Å². The predicted molar refractivity (Wildman–Crippen MR) is 111 cm³/mol. The molecule has 0 saturated carbocycles. The van der Waals surface area contributed by atoms with Crippen LogP contribution in [-0.4, -0.2) is 5.91 Å². The molecule has 1 heterocycles. The van der Waals surface area contributed by atoms with Crippen LogP contribution in [0.15, 0.2) is 65.1 Å². The summed E-state index contributed by atoms with van der Waals surface area (Å²) in [5.41, 5.74) is 4.90. The van der Waals surface area contributed by atoms with Gasteiger partial charge in [-0.25, -0.2) is 0 Å². The molecule has 3 aromatic rings. The van der Waals surface area contributed by atoms with Crippen molar-refractivity contribution in [3.63, 3.8) is 0 Å². The third kappa shape index (κ3) is 3.52. The number of carbonyl (C=O) groups excluding carboxylic acids is 1. The maximum absolute atomic E-state index is 12.5. The summed E-state index contributed by atoms with van der Waals surface area (Å²) in [7, 11) is 0. The molecule has 0 saturated heterocycles. The zero-order valence-corrected chi connectivity index (χ0v) is 16.7. The fraction of sp³-hybridized carbons (Fsp3) is 0.0952. The van der Waals surface area contributed by atoms with Crippen molar-refractivity contribution in [1.29, 1.82) is 0 Å². The molecular weight excluding hydrogens is 433 g/mol. The molecule has 1 N–H and O–H groups in total. The Labute approximate surface area is 170 Å². The molecule has 1 amide bonds. The zero-order chi connectivity index (χ0) is 18.3. The lowest BCUT2D eigenvalue weighted by atomic mass is 9.92. The van der Waals surface area contributed by atoms with Crippen molar-refractivity contribution in [1.82, 2.24) is 0 Å². The molecule has 5 heteroatoms. The Morgan fingerprint density at radius 2 is 1.58 bits per heavy atom. The van der Waals surface area contributed by atoms with Crippen LogP contribution >= 0.6 is 39.1 Å². The molecule has 26 heavy (non-hydrogen) atoms. The molecule has 0 bridgehead atoms. The van der Waals surface area contributed by atoms with Crippen molar-refractivity contribution >= 4 is 50.7 Å². The number of hydrogen-bond donors (Lipinski definition) is 1. The van der Waals surface area contributed by atoms with Gasteiger partial charge in [0.25, 0.3) is 0 Å². The summed E-state index contributed by atoms with van der Waals surface area (Å²) in [6, 6.07) is 19.5. The van der Waals surface area contributed by atoms with Gasteiger partial charge in [-0.3, -0.25) is 4.79 Å². The first kappa shape index (κ1) is 17.6. The molecule has 0 fully saturated rings. The van der Waals surface area contributed by atoms with E-state index in [4.69, 9.17) is 23.2 Å². The lowest BCUT2D eigenvalue weighted by Crippen LogP contribution is -2.14. The summed E-state index contributed by atoms with van der Waals surface area (Å²) in [4.78, 5) is 12.5. The summed E-state index contributed by atoms with van der Waals surface area (Å²) < 4.78 is 1.03. The lowest BCUT2D eigenvalue weighted by Gasteiger charge is -2.10. The van der Waals surface area contributed by atoms with E-state index >= 15 is 0 Å². The number of benzene rings is 3. The average molecular weight is 447 g/mol. The van der Waals surface area contributed by atoms with Crippen LogP contribution in [0.5, 0.6) is 0 Å². The summed E-state index contributed by atoms with van der Waals surface area (Å²) in [6.45, 7) is 0. The summed E-state index contributed by atoms with van der Waals surface area (Å²) in [5.74, 6) is -0.146. The van der Waals surface area contributed by atoms with Crippen LogP contribution in [0.25, 0.3) is 11.1 Å². The fourth-order valence-electron chi connectivity index (χ4n) is 3.29. The SMILES string of the molecule is O=C1Nc2cc(-c3cc(Cl)cc(Cl)c3)ccc2C1Cc1ccc(Br)cc1. The first-order valence-corrected chi connectivity index (χ1v) is 9.70. The smallest absolute Gasteiger partial charge is 0.232 e. The van der Waals surface area contributed by atoms with Gasteiger partial charge in [0.15, 0.2) is 0 Å². The van der Waals surface area contributed by atoms with Gasteiger partial charge in [0, 0.05) is 20.2 Å². The van der Waals surface area contributed by atoms with Crippen LogP contribution in [0.1, 0.15) is 17.0 Å². The van der Waals surface area contributed by atoms with E-state index in [1.165, 1.54) is 0 Å². The van der Waals surface area contributed by atoms with Gasteiger partial charge in [0.2, 0.25) is 5.91 Å². The predicted octanol–water partition coefficient (Wildman–Crippen LogP) is 6.70. The number of fused-ring (bicyclic) bond motifs is 1. The summed E-state index contributed by atoms with van der Waals surface area (Å²) in [6.07, 6.45) is 0.675. The number of halogens is 3. The first-order valence-electron chi connectivity index (χ1n) is 8.15. The minimum Gasteiger partial charge on any atom is -0.325 e. The number of anilines is 1. The highest BCUT2D eigenvalue weighted by Crippen LogP contribution is 2.38. The quantitative estimate of drug-likeness (QED) is 0.476. The lowest BCUT2D eigenvalue weighted by molar-refractivity contribution is -0.117. The second kappa shape index (κ2) is 7.07. The van der Waals surface area contributed by atoms with E-state index in [-0.39, 0.29) is 11.8 Å². The highest BCUT2D eigenvalue weighted by atomic mass is 79.9. The Bertz CT molecular complexity index is 981. The Balaban J connectivity index is 1.66. The monoisotopic (exact) mass is 445 g/mol. The largest absolute Gasteiger partial charge is 0.325 e. The van der Waals surface area contributed by atoms with Gasteiger partial charge in [-0.1, -0.05) is 63.4 Å². The highest BCUT2D eigenvalue weighted by Gasteiger charge is 2.30. The molecule has 130 valence electrons. The Kier molecular flexibility index (Phi) is 4.78. The molecule has 0 radical (unpaired) electrons. The van der Waals surface area contributed by atoms with E-state index in [2.05, 4.69) is 21.2 Å². The van der Waals surface area contributed by atoms with Crippen LogP contribution in [0.2, 0.25) is 10.0 Å². The number of nitrogens with one attached hydrogen (secondary N) is 1. The average Bonchev–Trinajstić information content (AvgIpc) is 2.91. The van der Waals surface area contributed by atoms with Crippen LogP contribution in [-0.2, 0) is 11.2 Å². The third-order valence-electron chi connectivity index (χ3n) is 4.55. The van der Waals surface area contributed by atoms with Crippen molar-refractivity contribution in [2.45, 2.75) is 12.3 Å². The second-order valence-electron chi connectivity index (χ2n) is 6.33. The molecule has 4 rings (SSSR count). The minimum atomic E-state index is -0.178. The van der Waals surface area contributed by atoms with Crippen LogP contribution in [0.4, 0.5) is 5.69 Å². The van der Waals surface area contributed by atoms with Crippen molar-refractivity contribution in [3.8, 4) is 11.1 Å². The maximum Gasteiger partial charge on any atom is 0.232 e. The number of carbonyl (C=O) groups is 1. The highest BCUT2D eigenvalue weighted by molar-refractivity contribution is 9.10. The van der Waals surface area contributed by atoms with Gasteiger partial charge >= 0.3 is 0 Å². The van der Waals surface area contributed by atoms with Gasteiger partial charge in [-0.15, -0.1) is 0 Å². The Hall–Kier alpha value is -1.81. The number of hydrogen-bond acceptors (Lipinski definition) is 1. The molecule has 2 nitrogen and oxygen atoms in total. The van der Waals surface area contributed by atoms with E-state index in [0.29, 0.717) is 16.5 Å². The van der Waals surface area contributed by atoms with Crippen LogP contribution in [0, 0.1) is 0 Å². The minimum absolute atomic E-state index is 0.0317. The zero-order valence-electron chi connectivity index (χ0n) is 13.6. The summed E-state index contributed by atoms with van der Waals surface area (Å²) >= 11 is 15.7. The van der Waals surface area contributed by atoms with E-state index < -0.39 is 0 Å². The van der Waals surface area contributed by atoms with E-state index in [1.54, 1.807) is 6.07 Å². The van der Waals surface area contributed by atoms with Crippen molar-refractivity contribution in [2.75, 3.05) is 5.32 Å². The topological polar surface area (TPSA) is 29.1 Å². The van der Waals surface area contributed by atoms with Gasteiger partial charge in [0.05, 0.1) is 5.92 Å². The Morgan fingerprint density at radius 3 is 2.27 bits per heavy atom. The summed E-state index contributed by atoms with van der Waals surface area (Å²) in [5, 5.41) is 4.18. The van der Waals surface area contributed by atoms with Gasteiger partial charge < -0.3 is 5.32 Å². The molecule has 0 spiro atoms. The van der Waals surface area contributed by atoms with E-state index in [1.807, 2.05) is 54.6 Å². The first-order chi connectivity index (χ1) is 12.5. The fourth-order valence-corrected chi connectivity index (χ4v) is 4.08. The van der Waals surface area contributed by atoms with E-state index in [0.717, 1.165) is 32.4 Å². The molecule has 1 unspecified atom stereocenters. The number of amides is 1. The molecule has 1 atom stereocenters. The molecule has 1 aliphatic heterocycles. The third-order valence-corrected chi connectivity index (χ3v) is 5.52. The van der Waals surface area contributed by atoms with Crippen molar-refractivity contribution < 1.29 is 4.79 Å². The molecular formula is C21H14BrCl2NO. The second-order valence-corrected chi connectivity index (χ2v) is 8.12. The van der Waals surface area contributed by atoms with Crippen molar-refractivity contribution in [2.24, 2.45) is 0 Å². The molecule has 1 aliphatic rings. The van der Waals surface area contributed by atoms with Crippen LogP contribution in [0.3, 0.4) is 0 Å².